The van der Waals surface area contributed by atoms with Crippen LogP contribution < -0.4 is 0 Å². The highest BCUT2D eigenvalue weighted by molar-refractivity contribution is 6.20. The molecule has 0 aliphatic carbocycles. The Bertz CT molecular complexity index is 590. The van der Waals surface area contributed by atoms with Crippen LogP contribution in [0.3, 0.4) is 0 Å². The maximum absolute atomic E-state index is 6.60. The van der Waals surface area contributed by atoms with E-state index < -0.39 is 5.97 Å². The van der Waals surface area contributed by atoms with Crippen LogP contribution in [0, 0.1) is 5.92 Å². The van der Waals surface area contributed by atoms with E-state index in [2.05, 4.69) is 52.0 Å². The molecule has 0 N–H and O–H groups in total. The molecule has 0 bridgehead atoms. The summed E-state index contributed by atoms with van der Waals surface area (Å²) in [6.07, 6.45) is 17.2. The lowest BCUT2D eigenvalue weighted by atomic mass is 9.90. The average molecular weight is 525 g/mol. The minimum absolute atomic E-state index is 0.0399. The van der Waals surface area contributed by atoms with Crippen LogP contribution in [0.5, 0.6) is 0 Å². The minimum Gasteiger partial charge on any atom is -0.327 e. The van der Waals surface area contributed by atoms with Crippen molar-refractivity contribution in [3.05, 3.63) is 35.4 Å². The van der Waals surface area contributed by atoms with Crippen molar-refractivity contribution in [2.45, 2.75) is 142 Å². The van der Waals surface area contributed by atoms with E-state index in [0.29, 0.717) is 19.8 Å². The number of ether oxygens (including phenoxy) is 3. The molecule has 0 saturated heterocycles. The third-order valence-electron chi connectivity index (χ3n) is 7.03. The van der Waals surface area contributed by atoms with E-state index in [4.69, 9.17) is 25.8 Å². The quantitative estimate of drug-likeness (QED) is 0.0764. The number of alkyl halides is 1. The lowest BCUT2D eigenvalue weighted by molar-refractivity contribution is -0.407. The first kappa shape index (κ1) is 33.4. The molecule has 1 aromatic carbocycles. The summed E-state index contributed by atoms with van der Waals surface area (Å²) >= 11 is 6.28. The van der Waals surface area contributed by atoms with Crippen LogP contribution in [-0.2, 0) is 20.6 Å². The van der Waals surface area contributed by atoms with Crippen LogP contribution in [0.2, 0.25) is 0 Å². The predicted molar refractivity (Wildman–Crippen MR) is 156 cm³/mol. The molecule has 36 heavy (non-hydrogen) atoms. The van der Waals surface area contributed by atoms with Crippen LogP contribution in [0.4, 0.5) is 0 Å². The van der Waals surface area contributed by atoms with Gasteiger partial charge in [0.1, 0.15) is 0 Å². The lowest BCUT2D eigenvalue weighted by Gasteiger charge is -2.40. The number of unbranched alkanes of at least 4 members (excludes halogenated alkanes) is 8. The fraction of sp³-hybridized carbons (Fsp3) is 0.812. The molecule has 3 nitrogen and oxygen atoms in total. The molecule has 0 aliphatic heterocycles. The second-order valence-corrected chi connectivity index (χ2v) is 11.0. The summed E-state index contributed by atoms with van der Waals surface area (Å²) in [4.78, 5) is 0. The molecule has 0 spiro atoms. The Morgan fingerprint density at radius 2 is 1.11 bits per heavy atom. The van der Waals surface area contributed by atoms with E-state index in [-0.39, 0.29) is 11.3 Å². The van der Waals surface area contributed by atoms with Crippen molar-refractivity contribution in [3.8, 4) is 0 Å². The highest BCUT2D eigenvalue weighted by Crippen LogP contribution is 2.35. The zero-order chi connectivity index (χ0) is 26.5. The van der Waals surface area contributed by atoms with Gasteiger partial charge in [0.2, 0.25) is 0 Å². The van der Waals surface area contributed by atoms with Crippen molar-refractivity contribution in [2.75, 3.05) is 19.8 Å². The summed E-state index contributed by atoms with van der Waals surface area (Å²) in [5.41, 5.74) is 2.51. The topological polar surface area (TPSA) is 27.7 Å². The van der Waals surface area contributed by atoms with Crippen molar-refractivity contribution in [1.29, 1.82) is 0 Å². The third kappa shape index (κ3) is 13.8. The molecule has 0 aromatic heterocycles. The Morgan fingerprint density at radius 3 is 1.58 bits per heavy atom. The first-order valence-electron chi connectivity index (χ1n) is 15.2. The smallest absolute Gasteiger partial charge is 0.285 e. The maximum Gasteiger partial charge on any atom is 0.285 e. The molecule has 2 unspecified atom stereocenters. The summed E-state index contributed by atoms with van der Waals surface area (Å²) in [6.45, 7) is 13.0. The largest absolute Gasteiger partial charge is 0.327 e. The first-order chi connectivity index (χ1) is 17.5. The van der Waals surface area contributed by atoms with E-state index in [1.54, 1.807) is 0 Å². The van der Waals surface area contributed by atoms with Crippen molar-refractivity contribution in [3.63, 3.8) is 0 Å². The molecular formula is C32H57ClO3. The maximum atomic E-state index is 6.60. The number of hydrogen-bond acceptors (Lipinski definition) is 3. The van der Waals surface area contributed by atoms with E-state index in [0.717, 1.165) is 57.8 Å². The molecule has 4 heteroatoms. The fourth-order valence-corrected chi connectivity index (χ4v) is 4.66. The van der Waals surface area contributed by atoms with E-state index in [1.165, 1.54) is 49.7 Å². The van der Waals surface area contributed by atoms with Gasteiger partial charge in [-0.1, -0.05) is 110 Å². The van der Waals surface area contributed by atoms with Gasteiger partial charge in [0.15, 0.2) is 0 Å². The van der Waals surface area contributed by atoms with Crippen molar-refractivity contribution in [1.82, 2.24) is 0 Å². The highest BCUT2D eigenvalue weighted by Gasteiger charge is 2.42. The van der Waals surface area contributed by atoms with Gasteiger partial charge in [0.25, 0.3) is 5.97 Å². The minimum atomic E-state index is -0.937. The molecule has 1 aromatic rings. The van der Waals surface area contributed by atoms with Gasteiger partial charge >= 0.3 is 0 Å². The summed E-state index contributed by atoms with van der Waals surface area (Å²) < 4.78 is 19.8. The number of halogens is 1. The molecule has 2 atom stereocenters. The van der Waals surface area contributed by atoms with Gasteiger partial charge in [-0.05, 0) is 56.6 Å². The van der Waals surface area contributed by atoms with Gasteiger partial charge in [-0.3, -0.25) is 0 Å². The highest BCUT2D eigenvalue weighted by atomic mass is 35.5. The van der Waals surface area contributed by atoms with E-state index in [1.807, 2.05) is 6.92 Å². The van der Waals surface area contributed by atoms with Crippen molar-refractivity contribution >= 4 is 11.6 Å². The van der Waals surface area contributed by atoms with Crippen molar-refractivity contribution < 1.29 is 14.2 Å². The predicted octanol–water partition coefficient (Wildman–Crippen LogP) is 10.4. The molecule has 0 heterocycles. The van der Waals surface area contributed by atoms with Gasteiger partial charge in [0, 0.05) is 5.92 Å². The lowest BCUT2D eigenvalue weighted by Crippen LogP contribution is -2.47. The molecule has 0 amide bonds. The molecule has 0 radical (unpaired) electrons. The Kier molecular flexibility index (Phi) is 19.8. The van der Waals surface area contributed by atoms with Gasteiger partial charge in [0.05, 0.1) is 25.2 Å². The van der Waals surface area contributed by atoms with Crippen LogP contribution in [0.25, 0.3) is 0 Å². The Hall–Kier alpha value is -0.610. The second-order valence-electron chi connectivity index (χ2n) is 10.4. The number of benzene rings is 1. The van der Waals surface area contributed by atoms with Crippen molar-refractivity contribution in [2.24, 2.45) is 5.92 Å². The van der Waals surface area contributed by atoms with Gasteiger partial charge in [-0.25, -0.2) is 0 Å². The zero-order valence-electron chi connectivity index (χ0n) is 24.3. The van der Waals surface area contributed by atoms with Crippen LogP contribution >= 0.6 is 11.6 Å². The zero-order valence-corrected chi connectivity index (χ0v) is 25.1. The monoisotopic (exact) mass is 524 g/mol. The molecule has 1 rings (SSSR count). The standard InChI is InChI=1S/C32H57ClO3/c1-6-10-14-15-16-17-18-31(24-21-29-19-22-30(23-20-29)28(5)33)32(34-25-11-7-2,35-26-12-8-3)36-27-13-9-4/h19-20,22-23,28,31H,6-18,21,24-27H2,1-5H3. The number of rotatable bonds is 24. The molecule has 0 aliphatic rings. The Morgan fingerprint density at radius 1 is 0.639 bits per heavy atom. The Labute approximate surface area is 229 Å². The molecule has 0 saturated carbocycles. The number of aryl methyl sites for hydroxylation is 1. The molecule has 0 fully saturated rings. The average Bonchev–Trinajstić information content (AvgIpc) is 2.88. The normalized spacial score (nSPS) is 13.7. The van der Waals surface area contributed by atoms with Gasteiger partial charge < -0.3 is 14.2 Å². The summed E-state index contributed by atoms with van der Waals surface area (Å²) in [6, 6.07) is 8.78. The van der Waals surface area contributed by atoms with Crippen LogP contribution in [0.1, 0.15) is 141 Å². The van der Waals surface area contributed by atoms with Crippen LogP contribution in [0.15, 0.2) is 24.3 Å². The molecule has 210 valence electrons. The Balaban J connectivity index is 3.07. The summed E-state index contributed by atoms with van der Waals surface area (Å²) in [7, 11) is 0. The number of hydrogen-bond donors (Lipinski definition) is 0. The van der Waals surface area contributed by atoms with Crippen LogP contribution in [-0.4, -0.2) is 25.8 Å². The fourth-order valence-electron chi connectivity index (χ4n) is 4.51. The van der Waals surface area contributed by atoms with Gasteiger partial charge in [-0.15, -0.1) is 11.6 Å². The van der Waals surface area contributed by atoms with Gasteiger partial charge in [-0.2, -0.15) is 0 Å². The van der Waals surface area contributed by atoms with E-state index >= 15 is 0 Å². The third-order valence-corrected chi connectivity index (χ3v) is 7.28. The van der Waals surface area contributed by atoms with E-state index in [9.17, 15) is 0 Å². The summed E-state index contributed by atoms with van der Waals surface area (Å²) in [5, 5.41) is 0.0399. The second kappa shape index (κ2) is 21.3. The molecular weight excluding hydrogens is 468 g/mol. The first-order valence-corrected chi connectivity index (χ1v) is 15.6. The summed E-state index contributed by atoms with van der Waals surface area (Å²) in [5.74, 6) is -0.728. The SMILES string of the molecule is CCCCCCCCC(CCc1ccc(C(C)Cl)cc1)C(OCCCC)(OCCCC)OCCCC.